The number of ether oxygens (including phenoxy) is 1. The van der Waals surface area contributed by atoms with Crippen molar-refractivity contribution in [3.8, 4) is 5.75 Å². The summed E-state index contributed by atoms with van der Waals surface area (Å²) in [6.07, 6.45) is -3.29. The second kappa shape index (κ2) is 12.1. The molecule has 35 heavy (non-hydrogen) atoms. The number of nitrogens with zero attached hydrogens (tertiary/aromatic N) is 2. The minimum atomic E-state index is -4.87. The van der Waals surface area contributed by atoms with Crippen LogP contribution in [0.25, 0.3) is 0 Å². The minimum absolute atomic E-state index is 0.00180. The number of thiazole rings is 1. The summed E-state index contributed by atoms with van der Waals surface area (Å²) in [5.74, 6) is -1.01. The summed E-state index contributed by atoms with van der Waals surface area (Å²) in [7, 11) is -4.35. The normalized spacial score (nSPS) is 13.2. The first-order valence-corrected chi connectivity index (χ1v) is 12.9. The molecule has 9 nitrogen and oxygen atoms in total. The Bertz CT molecular complexity index is 1270. The molecule has 0 aliphatic rings. The van der Waals surface area contributed by atoms with Crippen LogP contribution in [0, 0.1) is 0 Å². The number of hydrogen-bond donors (Lipinski definition) is 3. The molecule has 0 saturated heterocycles. The van der Waals surface area contributed by atoms with Gasteiger partial charge in [0.15, 0.2) is 11.0 Å². The Labute approximate surface area is 209 Å². The molecule has 0 bridgehead atoms. The molecule has 1 heterocycles. The molecule has 0 saturated carbocycles. The molecule has 0 aliphatic heterocycles. The van der Waals surface area contributed by atoms with Crippen LogP contribution in [0.5, 0.6) is 5.75 Å². The number of amides is 1. The van der Waals surface area contributed by atoms with Crippen molar-refractivity contribution in [3.05, 3.63) is 75.0 Å². The van der Waals surface area contributed by atoms with E-state index in [4.69, 9.17) is 25.9 Å². The molecule has 16 heteroatoms. The van der Waals surface area contributed by atoms with Crippen molar-refractivity contribution in [1.29, 1.82) is 0 Å². The molecule has 2 aromatic carbocycles. The van der Waals surface area contributed by atoms with E-state index in [1.165, 1.54) is 52.3 Å². The first-order chi connectivity index (χ1) is 16.5. The molecule has 1 atom stereocenters. The van der Waals surface area contributed by atoms with Gasteiger partial charge < -0.3 is 19.8 Å². The van der Waals surface area contributed by atoms with Gasteiger partial charge in [-0.2, -0.15) is 4.40 Å². The van der Waals surface area contributed by atoms with Gasteiger partial charge in [0.05, 0.1) is 9.92 Å². The Morgan fingerprint density at radius 1 is 1.23 bits per heavy atom. The van der Waals surface area contributed by atoms with Crippen LogP contribution in [-0.4, -0.2) is 30.8 Å². The predicted octanol–water partition coefficient (Wildman–Crippen LogP) is 3.84. The van der Waals surface area contributed by atoms with E-state index in [-0.39, 0.29) is 23.9 Å². The summed E-state index contributed by atoms with van der Waals surface area (Å²) >= 11 is 6.97. The summed E-state index contributed by atoms with van der Waals surface area (Å²) in [5, 5.41) is 4.02. The van der Waals surface area contributed by atoms with Crippen molar-refractivity contribution >= 4 is 48.4 Å². The van der Waals surface area contributed by atoms with E-state index in [0.29, 0.717) is 15.3 Å². The van der Waals surface area contributed by atoms with Gasteiger partial charge in [-0.05, 0) is 42.0 Å². The van der Waals surface area contributed by atoms with Crippen molar-refractivity contribution in [1.82, 2.24) is 9.88 Å². The first-order valence-electron chi connectivity index (χ1n) is 9.35. The van der Waals surface area contributed by atoms with Crippen molar-refractivity contribution in [2.75, 3.05) is 0 Å². The zero-order chi connectivity index (χ0) is 25.6. The van der Waals surface area contributed by atoms with E-state index in [2.05, 4.69) is 14.5 Å². The fourth-order valence-electron chi connectivity index (χ4n) is 2.57. The fourth-order valence-corrected chi connectivity index (χ4v) is 4.72. The lowest BCUT2D eigenvalue weighted by molar-refractivity contribution is -0.274. The molecule has 1 amide bonds. The summed E-state index contributed by atoms with van der Waals surface area (Å²) in [6, 6.07) is 9.46. The highest BCUT2D eigenvalue weighted by atomic mass is 35.5. The maximum atomic E-state index is 12.5. The smallest absolute Gasteiger partial charge is 0.404 e. The molecule has 0 radical (unpaired) electrons. The lowest BCUT2D eigenvalue weighted by atomic mass is 10.2. The zero-order valence-electron chi connectivity index (χ0n) is 17.3. The number of alkyl halides is 3. The highest BCUT2D eigenvalue weighted by molar-refractivity contribution is 7.83. The third-order valence-corrected chi connectivity index (χ3v) is 6.69. The average molecular weight is 570 g/mol. The zero-order valence-corrected chi connectivity index (χ0v) is 20.6. The number of halogens is 4. The second-order valence-electron chi connectivity index (χ2n) is 6.53. The minimum Gasteiger partial charge on any atom is -0.404 e. The summed E-state index contributed by atoms with van der Waals surface area (Å²) in [5.41, 5.74) is 0.713. The molecular formula is C19H16ClF3N3O6PS2. The van der Waals surface area contributed by atoms with Crippen LogP contribution in [0.2, 0.25) is 5.02 Å². The highest BCUT2D eigenvalue weighted by Crippen LogP contribution is 2.30. The maximum Gasteiger partial charge on any atom is 0.573 e. The van der Waals surface area contributed by atoms with Gasteiger partial charge in [0.25, 0.3) is 5.91 Å². The van der Waals surface area contributed by atoms with Gasteiger partial charge in [-0.3, -0.25) is 13.9 Å². The monoisotopic (exact) mass is 569 g/mol. The van der Waals surface area contributed by atoms with E-state index in [0.717, 1.165) is 6.07 Å². The Balaban J connectivity index is 1.61. The van der Waals surface area contributed by atoms with Gasteiger partial charge in [0.1, 0.15) is 12.5 Å². The lowest BCUT2D eigenvalue weighted by Gasteiger charge is -2.12. The van der Waals surface area contributed by atoms with E-state index in [9.17, 15) is 22.2 Å². The molecule has 0 aliphatic carbocycles. The van der Waals surface area contributed by atoms with Crippen LogP contribution < -0.4 is 14.9 Å². The van der Waals surface area contributed by atoms with Gasteiger partial charge in [-0.15, -0.1) is 24.5 Å². The van der Waals surface area contributed by atoms with Crippen LogP contribution in [0.1, 0.15) is 15.9 Å². The average Bonchev–Trinajstić information content (AvgIpc) is 3.23. The van der Waals surface area contributed by atoms with Crippen LogP contribution in [0.15, 0.2) is 63.3 Å². The maximum absolute atomic E-state index is 12.5. The van der Waals surface area contributed by atoms with Crippen LogP contribution in [0.3, 0.4) is 0 Å². The lowest BCUT2D eigenvalue weighted by Crippen LogP contribution is -2.23. The Hall–Kier alpha value is -2.32. The van der Waals surface area contributed by atoms with E-state index in [1.807, 2.05) is 0 Å². The number of carbonyl (C=O) groups is 1. The van der Waals surface area contributed by atoms with Gasteiger partial charge >= 0.3 is 15.0 Å². The molecule has 0 fully saturated rings. The largest absolute Gasteiger partial charge is 0.573 e. The molecule has 0 spiro atoms. The number of hydrogen-bond acceptors (Lipinski definition) is 7. The molecule has 1 unspecified atom stereocenters. The fraction of sp³-hybridized carbons (Fsp3) is 0.158. The van der Waals surface area contributed by atoms with Crippen LogP contribution in [0.4, 0.5) is 13.2 Å². The van der Waals surface area contributed by atoms with Gasteiger partial charge in [0, 0.05) is 23.7 Å². The van der Waals surface area contributed by atoms with Gasteiger partial charge in [-0.25, -0.2) is 4.21 Å². The van der Waals surface area contributed by atoms with Crippen molar-refractivity contribution in [2.45, 2.75) is 24.5 Å². The topological polar surface area (TPSA) is 122 Å². The predicted molar refractivity (Wildman–Crippen MR) is 122 cm³/mol. The number of benzene rings is 2. The Kier molecular flexibility index (Phi) is 9.41. The third-order valence-electron chi connectivity index (χ3n) is 4.13. The van der Waals surface area contributed by atoms with Gasteiger partial charge in [-0.1, -0.05) is 17.7 Å². The summed E-state index contributed by atoms with van der Waals surface area (Å²) in [4.78, 5) is 30.7. The molecule has 3 N–H and O–H groups in total. The standard InChI is InChI=1S/C19H16ClF3N3O6PS2/c20-15-9-12(1-6-16(15)32-19(21,22)23)10-24-17(27)13-2-4-14(5-3-13)35(30)25-18-26(7-8-34-18)11-31-33(28)29/h1-9,28-29H,10-11H2,(H,24,27)/b25-18+. The SMILES string of the molecule is O=C(NCc1ccc(OC(F)(F)F)c(Cl)c1)c1ccc(S(=O)/N=c2/sccn2COP(O)O)cc1. The highest BCUT2D eigenvalue weighted by Gasteiger charge is 2.32. The summed E-state index contributed by atoms with van der Waals surface area (Å²) in [6.45, 7) is -0.182. The second-order valence-corrected chi connectivity index (χ2v) is 9.72. The third kappa shape index (κ3) is 8.39. The summed E-state index contributed by atoms with van der Waals surface area (Å²) < 4.78 is 63.6. The van der Waals surface area contributed by atoms with Gasteiger partial charge in [0.2, 0.25) is 4.80 Å². The quantitative estimate of drug-likeness (QED) is 0.337. The Morgan fingerprint density at radius 2 is 1.94 bits per heavy atom. The molecule has 3 rings (SSSR count). The van der Waals surface area contributed by atoms with E-state index >= 15 is 0 Å². The number of aromatic nitrogens is 1. The number of nitrogens with one attached hydrogen (secondary N) is 1. The van der Waals surface area contributed by atoms with E-state index in [1.54, 1.807) is 11.6 Å². The Morgan fingerprint density at radius 3 is 2.57 bits per heavy atom. The van der Waals surface area contributed by atoms with Crippen LogP contribution in [-0.2, 0) is 28.8 Å². The molecule has 3 aromatic rings. The number of carbonyl (C=O) groups excluding carboxylic acids is 1. The first kappa shape index (κ1) is 27.3. The molecule has 1 aromatic heterocycles. The van der Waals surface area contributed by atoms with Crippen molar-refractivity contribution < 1.29 is 41.2 Å². The van der Waals surface area contributed by atoms with Crippen molar-refractivity contribution in [3.63, 3.8) is 0 Å². The molecule has 188 valence electrons. The molecular weight excluding hydrogens is 554 g/mol. The van der Waals surface area contributed by atoms with Crippen LogP contribution >= 0.6 is 31.5 Å². The number of rotatable bonds is 9. The van der Waals surface area contributed by atoms with Crippen molar-refractivity contribution in [2.24, 2.45) is 4.40 Å². The van der Waals surface area contributed by atoms with E-state index < -0.39 is 37.6 Å².